The van der Waals surface area contributed by atoms with Gasteiger partial charge in [-0.15, -0.1) is 0 Å². The fourth-order valence-electron chi connectivity index (χ4n) is 1.80. The van der Waals surface area contributed by atoms with Crippen molar-refractivity contribution in [3.05, 3.63) is 66.0 Å². The SMILES string of the molecule is COc1ccccc1NC(=S)NC(=O)C=Cc1ccc(F)cc1. The van der Waals surface area contributed by atoms with E-state index in [0.717, 1.165) is 0 Å². The van der Waals surface area contributed by atoms with Gasteiger partial charge < -0.3 is 10.1 Å². The number of carbonyl (C=O) groups excluding carboxylic acids is 1. The first-order valence-electron chi connectivity index (χ1n) is 6.77. The number of anilines is 1. The summed E-state index contributed by atoms with van der Waals surface area (Å²) in [5.41, 5.74) is 1.37. The average molecular weight is 330 g/mol. The third-order valence-electron chi connectivity index (χ3n) is 2.89. The van der Waals surface area contributed by atoms with E-state index in [1.807, 2.05) is 12.1 Å². The number of nitrogens with one attached hydrogen (secondary N) is 2. The number of amides is 1. The molecule has 0 spiro atoms. The monoisotopic (exact) mass is 330 g/mol. The van der Waals surface area contributed by atoms with Gasteiger partial charge in [0.05, 0.1) is 12.8 Å². The van der Waals surface area contributed by atoms with Crippen LogP contribution in [0.4, 0.5) is 10.1 Å². The molecule has 23 heavy (non-hydrogen) atoms. The highest BCUT2D eigenvalue weighted by atomic mass is 32.1. The van der Waals surface area contributed by atoms with Gasteiger partial charge >= 0.3 is 0 Å². The second-order valence-corrected chi connectivity index (χ2v) is 4.94. The van der Waals surface area contributed by atoms with Gasteiger partial charge in [0.25, 0.3) is 0 Å². The molecule has 0 aliphatic carbocycles. The van der Waals surface area contributed by atoms with E-state index in [1.54, 1.807) is 37.5 Å². The van der Waals surface area contributed by atoms with Crippen LogP contribution in [0.25, 0.3) is 6.08 Å². The summed E-state index contributed by atoms with van der Waals surface area (Å²) in [4.78, 5) is 11.8. The summed E-state index contributed by atoms with van der Waals surface area (Å²) in [5, 5.41) is 5.57. The minimum Gasteiger partial charge on any atom is -0.495 e. The Balaban J connectivity index is 1.92. The number of methoxy groups -OCH3 is 1. The zero-order valence-electron chi connectivity index (χ0n) is 12.4. The molecule has 0 saturated heterocycles. The highest BCUT2D eigenvalue weighted by Gasteiger charge is 2.05. The third kappa shape index (κ3) is 5.19. The molecule has 2 N–H and O–H groups in total. The molecular weight excluding hydrogens is 315 g/mol. The number of benzene rings is 2. The van der Waals surface area contributed by atoms with Crippen LogP contribution in [0.15, 0.2) is 54.6 Å². The van der Waals surface area contributed by atoms with Crippen molar-refractivity contribution < 1.29 is 13.9 Å². The highest BCUT2D eigenvalue weighted by Crippen LogP contribution is 2.22. The molecule has 0 unspecified atom stereocenters. The molecule has 0 heterocycles. The molecule has 6 heteroatoms. The van der Waals surface area contributed by atoms with Crippen LogP contribution in [0, 0.1) is 5.82 Å². The lowest BCUT2D eigenvalue weighted by molar-refractivity contribution is -0.115. The summed E-state index contributed by atoms with van der Waals surface area (Å²) in [6, 6.07) is 13.0. The minimum absolute atomic E-state index is 0.156. The summed E-state index contributed by atoms with van der Waals surface area (Å²) in [6.07, 6.45) is 2.89. The van der Waals surface area contributed by atoms with Crippen molar-refractivity contribution >= 4 is 35.0 Å². The first-order valence-corrected chi connectivity index (χ1v) is 7.18. The van der Waals surface area contributed by atoms with Crippen molar-refractivity contribution in [3.63, 3.8) is 0 Å². The van der Waals surface area contributed by atoms with E-state index in [0.29, 0.717) is 17.0 Å². The molecule has 2 aromatic carbocycles. The summed E-state index contributed by atoms with van der Waals surface area (Å²) in [6.45, 7) is 0. The lowest BCUT2D eigenvalue weighted by Gasteiger charge is -2.11. The molecule has 1 amide bonds. The van der Waals surface area contributed by atoms with Crippen molar-refractivity contribution in [2.45, 2.75) is 0 Å². The molecule has 118 valence electrons. The lowest BCUT2D eigenvalue weighted by Crippen LogP contribution is -2.32. The largest absolute Gasteiger partial charge is 0.495 e. The maximum Gasteiger partial charge on any atom is 0.250 e. The summed E-state index contributed by atoms with van der Waals surface area (Å²) < 4.78 is 18.0. The zero-order valence-corrected chi connectivity index (χ0v) is 13.2. The number of halogens is 1. The first kappa shape index (κ1) is 16.6. The molecule has 0 radical (unpaired) electrons. The Morgan fingerprint density at radius 2 is 1.87 bits per heavy atom. The van der Waals surface area contributed by atoms with Crippen molar-refractivity contribution in [1.29, 1.82) is 0 Å². The van der Waals surface area contributed by atoms with E-state index >= 15 is 0 Å². The number of carbonyl (C=O) groups is 1. The van der Waals surface area contributed by atoms with Crippen LogP contribution in [0.5, 0.6) is 5.75 Å². The molecule has 0 saturated carbocycles. The highest BCUT2D eigenvalue weighted by molar-refractivity contribution is 7.80. The number of hydrogen-bond acceptors (Lipinski definition) is 3. The van der Waals surface area contributed by atoms with Crippen LogP contribution >= 0.6 is 12.2 Å². The van der Waals surface area contributed by atoms with E-state index < -0.39 is 0 Å². The lowest BCUT2D eigenvalue weighted by atomic mass is 10.2. The van der Waals surface area contributed by atoms with E-state index in [9.17, 15) is 9.18 Å². The summed E-state index contributed by atoms with van der Waals surface area (Å²) in [5.74, 6) is -0.0959. The topological polar surface area (TPSA) is 50.4 Å². The van der Waals surface area contributed by atoms with Crippen molar-refractivity contribution in [3.8, 4) is 5.75 Å². The normalized spacial score (nSPS) is 10.3. The van der Waals surface area contributed by atoms with Gasteiger partial charge in [0.2, 0.25) is 5.91 Å². The molecule has 0 aliphatic rings. The maximum absolute atomic E-state index is 12.8. The van der Waals surface area contributed by atoms with Crippen molar-refractivity contribution in [1.82, 2.24) is 5.32 Å². The quantitative estimate of drug-likeness (QED) is 0.667. The number of thiocarbonyl (C=S) groups is 1. The van der Waals surface area contributed by atoms with Gasteiger partial charge in [-0.05, 0) is 48.1 Å². The fraction of sp³-hybridized carbons (Fsp3) is 0.0588. The summed E-state index contributed by atoms with van der Waals surface area (Å²) in [7, 11) is 1.55. The first-order chi connectivity index (χ1) is 11.1. The van der Waals surface area contributed by atoms with Gasteiger partial charge in [0.1, 0.15) is 11.6 Å². The molecule has 2 rings (SSSR count). The Labute approximate surface area is 139 Å². The van der Waals surface area contributed by atoms with Crippen molar-refractivity contribution in [2.75, 3.05) is 12.4 Å². The van der Waals surface area contributed by atoms with Gasteiger partial charge in [0, 0.05) is 6.08 Å². The van der Waals surface area contributed by atoms with Crippen LogP contribution in [0.3, 0.4) is 0 Å². The van der Waals surface area contributed by atoms with Crippen LogP contribution in [0.1, 0.15) is 5.56 Å². The van der Waals surface area contributed by atoms with Crippen LogP contribution in [-0.4, -0.2) is 18.1 Å². The Hall–Kier alpha value is -2.73. The number of rotatable bonds is 4. The van der Waals surface area contributed by atoms with Gasteiger partial charge in [-0.1, -0.05) is 24.3 Å². The van der Waals surface area contributed by atoms with E-state index in [2.05, 4.69) is 10.6 Å². The molecule has 0 aliphatic heterocycles. The van der Waals surface area contributed by atoms with Crippen LogP contribution in [-0.2, 0) is 4.79 Å². The average Bonchev–Trinajstić information content (AvgIpc) is 2.54. The molecule has 4 nitrogen and oxygen atoms in total. The van der Waals surface area contributed by atoms with Crippen molar-refractivity contribution in [2.24, 2.45) is 0 Å². The standard InChI is InChI=1S/C17H15FN2O2S/c1-22-15-5-3-2-4-14(15)19-17(23)20-16(21)11-8-12-6-9-13(18)10-7-12/h2-11H,1H3,(H2,19,20,21,23). The predicted octanol–water partition coefficient (Wildman–Crippen LogP) is 3.36. The molecule has 0 atom stereocenters. The second kappa shape index (κ2) is 8.05. The second-order valence-electron chi connectivity index (χ2n) is 4.53. The van der Waals surface area contributed by atoms with Gasteiger partial charge in [-0.2, -0.15) is 0 Å². The smallest absolute Gasteiger partial charge is 0.250 e. The molecular formula is C17H15FN2O2S. The predicted molar refractivity (Wildman–Crippen MR) is 92.8 cm³/mol. The van der Waals surface area contributed by atoms with Gasteiger partial charge in [-0.25, -0.2) is 4.39 Å². The third-order valence-corrected chi connectivity index (χ3v) is 3.09. The number of para-hydroxylation sites is 2. The Bertz CT molecular complexity index is 730. The van der Waals surface area contributed by atoms with Gasteiger partial charge in [0.15, 0.2) is 5.11 Å². The van der Waals surface area contributed by atoms with Crippen LogP contribution in [0.2, 0.25) is 0 Å². The Morgan fingerprint density at radius 3 is 2.57 bits per heavy atom. The number of ether oxygens (including phenoxy) is 1. The van der Waals surface area contributed by atoms with E-state index in [4.69, 9.17) is 17.0 Å². The molecule has 2 aromatic rings. The van der Waals surface area contributed by atoms with Crippen LogP contribution < -0.4 is 15.4 Å². The Morgan fingerprint density at radius 1 is 1.17 bits per heavy atom. The van der Waals surface area contributed by atoms with E-state index in [-0.39, 0.29) is 16.8 Å². The summed E-state index contributed by atoms with van der Waals surface area (Å²) >= 11 is 5.09. The molecule has 0 bridgehead atoms. The fourth-order valence-corrected chi connectivity index (χ4v) is 2.01. The van der Waals surface area contributed by atoms with E-state index in [1.165, 1.54) is 18.2 Å². The number of hydrogen-bond donors (Lipinski definition) is 2. The zero-order chi connectivity index (χ0) is 16.7. The molecule has 0 aromatic heterocycles. The minimum atomic E-state index is -0.387. The van der Waals surface area contributed by atoms with Gasteiger partial charge in [-0.3, -0.25) is 10.1 Å². The molecule has 0 fully saturated rings. The Kier molecular flexibility index (Phi) is 5.82. The maximum atomic E-state index is 12.8.